The average molecular weight is 233 g/mol. The number of carbonyl (C=O) groups excluding carboxylic acids is 1. The second kappa shape index (κ2) is 7.46. The summed E-state index contributed by atoms with van der Waals surface area (Å²) in [5, 5.41) is 11.2. The minimum Gasteiger partial charge on any atom is -0.444 e. The number of hydrogen-bond donors (Lipinski definition) is 2. The van der Waals surface area contributed by atoms with E-state index in [4.69, 9.17) is 14.6 Å². The molecular weight excluding hydrogens is 210 g/mol. The van der Waals surface area contributed by atoms with Crippen molar-refractivity contribution in [3.63, 3.8) is 0 Å². The highest BCUT2D eigenvalue weighted by Gasteiger charge is 2.17. The van der Waals surface area contributed by atoms with Crippen LogP contribution in [0.5, 0.6) is 0 Å². The lowest BCUT2D eigenvalue weighted by Crippen LogP contribution is -2.39. The van der Waals surface area contributed by atoms with Gasteiger partial charge >= 0.3 is 6.09 Å². The van der Waals surface area contributed by atoms with E-state index in [1.807, 2.05) is 27.7 Å². The van der Waals surface area contributed by atoms with Crippen molar-refractivity contribution in [3.8, 4) is 0 Å². The topological polar surface area (TPSA) is 67.8 Å². The van der Waals surface area contributed by atoms with Gasteiger partial charge in [0.25, 0.3) is 0 Å². The fourth-order valence-corrected chi connectivity index (χ4v) is 0.977. The van der Waals surface area contributed by atoms with Crippen molar-refractivity contribution in [2.45, 2.75) is 45.8 Å². The molecule has 0 aromatic heterocycles. The summed E-state index contributed by atoms with van der Waals surface area (Å²) in [4.78, 5) is 11.3. The molecule has 2 N–H and O–H groups in total. The van der Waals surface area contributed by atoms with Crippen molar-refractivity contribution < 1.29 is 19.4 Å². The Labute approximate surface area is 97.1 Å². The van der Waals surface area contributed by atoms with Crippen LogP contribution in [0.4, 0.5) is 4.79 Å². The molecule has 0 aromatic rings. The summed E-state index contributed by atoms with van der Waals surface area (Å²) in [7, 11) is 0. The van der Waals surface area contributed by atoms with Gasteiger partial charge in [0.1, 0.15) is 5.60 Å². The number of alkyl carbamates (subject to hydrolysis) is 1. The number of aliphatic hydroxyl groups excluding tert-OH is 1. The first kappa shape index (κ1) is 15.2. The van der Waals surface area contributed by atoms with Gasteiger partial charge in [-0.3, -0.25) is 0 Å². The lowest BCUT2D eigenvalue weighted by atomic mass is 10.2. The first-order chi connectivity index (χ1) is 7.35. The van der Waals surface area contributed by atoms with Gasteiger partial charge in [0.2, 0.25) is 0 Å². The van der Waals surface area contributed by atoms with Gasteiger partial charge in [-0.25, -0.2) is 4.79 Å². The molecule has 0 aliphatic carbocycles. The largest absolute Gasteiger partial charge is 0.444 e. The van der Waals surface area contributed by atoms with Crippen LogP contribution < -0.4 is 5.32 Å². The quantitative estimate of drug-likeness (QED) is 0.678. The number of aliphatic hydroxyl groups is 1. The van der Waals surface area contributed by atoms with E-state index in [9.17, 15) is 4.79 Å². The highest BCUT2D eigenvalue weighted by atomic mass is 16.6. The van der Waals surface area contributed by atoms with E-state index in [1.54, 1.807) is 0 Å². The number of carbonyl (C=O) groups is 1. The molecule has 1 atom stereocenters. The third-order valence-corrected chi connectivity index (χ3v) is 1.58. The summed E-state index contributed by atoms with van der Waals surface area (Å²) in [6, 6.07) is -0.103. The smallest absolute Gasteiger partial charge is 0.407 e. The van der Waals surface area contributed by atoms with Crippen LogP contribution >= 0.6 is 0 Å². The minimum atomic E-state index is -0.485. The van der Waals surface area contributed by atoms with Crippen LogP contribution in [0.25, 0.3) is 0 Å². The molecule has 5 nitrogen and oxygen atoms in total. The number of amides is 1. The van der Waals surface area contributed by atoms with Crippen LogP contribution in [0.15, 0.2) is 0 Å². The molecule has 0 aromatic carbocycles. The van der Waals surface area contributed by atoms with E-state index in [0.29, 0.717) is 19.6 Å². The predicted octanol–water partition coefficient (Wildman–Crippen LogP) is 1.30. The lowest BCUT2D eigenvalue weighted by Gasteiger charge is -2.21. The van der Waals surface area contributed by atoms with E-state index in [-0.39, 0.29) is 12.6 Å². The third-order valence-electron chi connectivity index (χ3n) is 1.58. The molecule has 96 valence electrons. The second-order valence-corrected chi connectivity index (χ2v) is 4.70. The average Bonchev–Trinajstić information content (AvgIpc) is 2.09. The van der Waals surface area contributed by atoms with Gasteiger partial charge in [0.15, 0.2) is 0 Å². The monoisotopic (exact) mass is 233 g/mol. The van der Waals surface area contributed by atoms with Crippen molar-refractivity contribution in [3.05, 3.63) is 0 Å². The third kappa shape index (κ3) is 9.73. The molecule has 0 aliphatic heterocycles. The summed E-state index contributed by atoms with van der Waals surface area (Å²) >= 11 is 0. The standard InChI is InChI=1S/C11H23NO4/c1-9(8-15-7-5-6-13)12-10(14)16-11(2,3)4/h9,13H,5-8H2,1-4H3,(H,12,14)/t9-/m1/s1. The normalized spacial score (nSPS) is 13.3. The first-order valence-electron chi connectivity index (χ1n) is 5.53. The number of nitrogens with one attached hydrogen (secondary N) is 1. The van der Waals surface area contributed by atoms with Gasteiger partial charge in [-0.2, -0.15) is 0 Å². The Bertz CT molecular complexity index is 201. The number of hydrogen-bond acceptors (Lipinski definition) is 4. The molecule has 0 rings (SSSR count). The molecule has 0 heterocycles. The highest BCUT2D eigenvalue weighted by molar-refractivity contribution is 5.68. The van der Waals surface area contributed by atoms with Crippen molar-refractivity contribution in [2.75, 3.05) is 19.8 Å². The van der Waals surface area contributed by atoms with Crippen molar-refractivity contribution >= 4 is 6.09 Å². The van der Waals surface area contributed by atoms with E-state index in [2.05, 4.69) is 5.32 Å². The Kier molecular flexibility index (Phi) is 7.08. The van der Waals surface area contributed by atoms with Gasteiger partial charge in [-0.1, -0.05) is 0 Å². The molecule has 0 bridgehead atoms. The molecule has 0 saturated carbocycles. The van der Waals surface area contributed by atoms with Gasteiger partial charge in [-0.15, -0.1) is 0 Å². The Morgan fingerprint density at radius 2 is 2.06 bits per heavy atom. The zero-order chi connectivity index (χ0) is 12.6. The maximum Gasteiger partial charge on any atom is 0.407 e. The van der Waals surface area contributed by atoms with Crippen LogP contribution in [0.2, 0.25) is 0 Å². The molecular formula is C11H23NO4. The lowest BCUT2D eigenvalue weighted by molar-refractivity contribution is 0.0444. The summed E-state index contributed by atoms with van der Waals surface area (Å²) in [6.45, 7) is 8.31. The zero-order valence-corrected chi connectivity index (χ0v) is 10.6. The van der Waals surface area contributed by atoms with Crippen molar-refractivity contribution in [1.29, 1.82) is 0 Å². The summed E-state index contributed by atoms with van der Waals surface area (Å²) in [5.41, 5.74) is -0.485. The van der Waals surface area contributed by atoms with E-state index >= 15 is 0 Å². The zero-order valence-electron chi connectivity index (χ0n) is 10.6. The molecule has 16 heavy (non-hydrogen) atoms. The molecule has 1 amide bonds. The van der Waals surface area contributed by atoms with Crippen molar-refractivity contribution in [1.82, 2.24) is 5.32 Å². The molecule has 5 heteroatoms. The number of rotatable bonds is 6. The molecule has 0 fully saturated rings. The minimum absolute atomic E-state index is 0.103. The highest BCUT2D eigenvalue weighted by Crippen LogP contribution is 2.06. The molecule has 0 radical (unpaired) electrons. The van der Waals surface area contributed by atoms with E-state index in [0.717, 1.165) is 0 Å². The fourth-order valence-electron chi connectivity index (χ4n) is 0.977. The Morgan fingerprint density at radius 3 is 2.56 bits per heavy atom. The van der Waals surface area contributed by atoms with Gasteiger partial charge < -0.3 is 19.9 Å². The van der Waals surface area contributed by atoms with Crippen LogP contribution in [-0.2, 0) is 9.47 Å². The van der Waals surface area contributed by atoms with Crippen LogP contribution in [0, 0.1) is 0 Å². The van der Waals surface area contributed by atoms with E-state index < -0.39 is 11.7 Å². The van der Waals surface area contributed by atoms with Crippen LogP contribution in [-0.4, -0.2) is 42.7 Å². The summed E-state index contributed by atoms with van der Waals surface area (Å²) in [5.74, 6) is 0. The summed E-state index contributed by atoms with van der Waals surface area (Å²) in [6.07, 6.45) is 0.171. The molecule has 0 saturated heterocycles. The SMILES string of the molecule is C[C@H](COCCCO)NC(=O)OC(C)(C)C. The second-order valence-electron chi connectivity index (χ2n) is 4.70. The van der Waals surface area contributed by atoms with Gasteiger partial charge in [-0.05, 0) is 34.1 Å². The first-order valence-corrected chi connectivity index (χ1v) is 5.53. The Morgan fingerprint density at radius 1 is 1.44 bits per heavy atom. The van der Waals surface area contributed by atoms with Crippen molar-refractivity contribution in [2.24, 2.45) is 0 Å². The molecule has 0 unspecified atom stereocenters. The maximum absolute atomic E-state index is 11.3. The maximum atomic E-state index is 11.3. The van der Waals surface area contributed by atoms with Gasteiger partial charge in [0.05, 0.1) is 12.6 Å². The van der Waals surface area contributed by atoms with E-state index in [1.165, 1.54) is 0 Å². The Hall–Kier alpha value is -0.810. The number of ether oxygens (including phenoxy) is 2. The van der Waals surface area contributed by atoms with Gasteiger partial charge in [0, 0.05) is 13.2 Å². The summed E-state index contributed by atoms with van der Waals surface area (Å²) < 4.78 is 10.3. The van der Waals surface area contributed by atoms with Crippen LogP contribution in [0.3, 0.4) is 0 Å². The molecule has 0 aliphatic rings. The Balaban J connectivity index is 3.62. The fraction of sp³-hybridized carbons (Fsp3) is 0.909. The molecule has 0 spiro atoms. The predicted molar refractivity (Wildman–Crippen MR) is 61.4 cm³/mol. The van der Waals surface area contributed by atoms with Crippen LogP contribution in [0.1, 0.15) is 34.1 Å².